The summed E-state index contributed by atoms with van der Waals surface area (Å²) in [7, 11) is 1.58. The average Bonchev–Trinajstić information content (AvgIpc) is 3.37. The van der Waals surface area contributed by atoms with Gasteiger partial charge in [-0.25, -0.2) is 4.98 Å². The van der Waals surface area contributed by atoms with Gasteiger partial charge >= 0.3 is 0 Å². The maximum absolute atomic E-state index is 11.7. The van der Waals surface area contributed by atoms with Gasteiger partial charge in [0.1, 0.15) is 17.2 Å². The van der Waals surface area contributed by atoms with Gasteiger partial charge in [0, 0.05) is 38.5 Å². The monoisotopic (exact) mass is 397 g/mol. The molecule has 2 N–H and O–H groups in total. The predicted molar refractivity (Wildman–Crippen MR) is 111 cm³/mol. The molecule has 4 rings (SSSR count). The van der Waals surface area contributed by atoms with Crippen LogP contribution in [0.2, 0.25) is 0 Å². The zero-order valence-electron chi connectivity index (χ0n) is 15.8. The molecule has 0 unspecified atom stereocenters. The standard InChI is InChI=1S/C20H23N5O2S/c1-21-19(26)17-12-15(6-7-22-17)27-14-4-5-16-18(13-14)28-20(24-16)23-8-11-25-9-2-3-10-25/h4-7,12-13H,2-3,8-11H2,1H3,(H,21,26)(H,23,24). The number of pyridine rings is 1. The van der Waals surface area contributed by atoms with Gasteiger partial charge in [0.2, 0.25) is 0 Å². The summed E-state index contributed by atoms with van der Waals surface area (Å²) < 4.78 is 6.97. The first-order chi connectivity index (χ1) is 13.7. The number of ether oxygens (including phenoxy) is 1. The van der Waals surface area contributed by atoms with Crippen molar-refractivity contribution >= 4 is 32.6 Å². The van der Waals surface area contributed by atoms with E-state index < -0.39 is 0 Å². The summed E-state index contributed by atoms with van der Waals surface area (Å²) in [6.45, 7) is 4.38. The van der Waals surface area contributed by atoms with E-state index in [0.717, 1.165) is 28.4 Å². The minimum atomic E-state index is -0.243. The van der Waals surface area contributed by atoms with Gasteiger partial charge in [-0.15, -0.1) is 0 Å². The second-order valence-electron chi connectivity index (χ2n) is 6.68. The van der Waals surface area contributed by atoms with Crippen LogP contribution in [-0.4, -0.2) is 54.0 Å². The summed E-state index contributed by atoms with van der Waals surface area (Å²) >= 11 is 1.62. The first-order valence-corrected chi connectivity index (χ1v) is 10.3. The van der Waals surface area contributed by atoms with Crippen LogP contribution in [0.4, 0.5) is 5.13 Å². The van der Waals surface area contributed by atoms with Crippen molar-refractivity contribution in [2.24, 2.45) is 0 Å². The molecular formula is C20H23N5O2S. The van der Waals surface area contributed by atoms with E-state index in [1.807, 2.05) is 18.2 Å². The highest BCUT2D eigenvalue weighted by atomic mass is 32.1. The number of nitrogens with one attached hydrogen (secondary N) is 2. The van der Waals surface area contributed by atoms with Crippen molar-refractivity contribution in [2.45, 2.75) is 12.8 Å². The number of hydrogen-bond acceptors (Lipinski definition) is 7. The molecule has 7 nitrogen and oxygen atoms in total. The number of carbonyl (C=O) groups is 1. The van der Waals surface area contributed by atoms with E-state index >= 15 is 0 Å². The lowest BCUT2D eigenvalue weighted by Gasteiger charge is -2.13. The van der Waals surface area contributed by atoms with Gasteiger partial charge in [0.25, 0.3) is 5.91 Å². The van der Waals surface area contributed by atoms with Crippen LogP contribution in [0.15, 0.2) is 36.5 Å². The quantitative estimate of drug-likeness (QED) is 0.637. The Morgan fingerprint density at radius 2 is 2.04 bits per heavy atom. The van der Waals surface area contributed by atoms with Gasteiger partial charge in [-0.05, 0) is 44.1 Å². The zero-order valence-corrected chi connectivity index (χ0v) is 16.6. The Kier molecular flexibility index (Phi) is 5.68. The molecule has 0 bridgehead atoms. The van der Waals surface area contributed by atoms with Crippen molar-refractivity contribution in [2.75, 3.05) is 38.5 Å². The van der Waals surface area contributed by atoms with Crippen LogP contribution in [-0.2, 0) is 0 Å². The molecule has 0 spiro atoms. The van der Waals surface area contributed by atoms with Gasteiger partial charge in [0.05, 0.1) is 10.2 Å². The van der Waals surface area contributed by atoms with Crippen LogP contribution in [0.5, 0.6) is 11.5 Å². The van der Waals surface area contributed by atoms with Crippen molar-refractivity contribution in [3.05, 3.63) is 42.2 Å². The number of rotatable bonds is 7. The number of thiazole rings is 1. The first kappa shape index (κ1) is 18.6. The Morgan fingerprint density at radius 3 is 2.86 bits per heavy atom. The zero-order chi connectivity index (χ0) is 19.3. The molecule has 3 heterocycles. The molecule has 1 fully saturated rings. The average molecular weight is 398 g/mol. The normalized spacial score (nSPS) is 14.3. The smallest absolute Gasteiger partial charge is 0.269 e. The highest BCUT2D eigenvalue weighted by Crippen LogP contribution is 2.31. The Bertz CT molecular complexity index is 968. The highest BCUT2D eigenvalue weighted by molar-refractivity contribution is 7.22. The maximum atomic E-state index is 11.7. The minimum absolute atomic E-state index is 0.243. The van der Waals surface area contributed by atoms with Gasteiger partial charge in [-0.3, -0.25) is 9.78 Å². The number of aromatic nitrogens is 2. The van der Waals surface area contributed by atoms with Crippen molar-refractivity contribution in [3.8, 4) is 11.5 Å². The molecule has 0 radical (unpaired) electrons. The van der Waals surface area contributed by atoms with Crippen LogP contribution in [0, 0.1) is 0 Å². The van der Waals surface area contributed by atoms with E-state index in [2.05, 4.69) is 25.5 Å². The molecule has 146 valence electrons. The molecule has 1 aliphatic heterocycles. The summed E-state index contributed by atoms with van der Waals surface area (Å²) in [6.07, 6.45) is 4.19. The molecule has 1 amide bonds. The maximum Gasteiger partial charge on any atom is 0.269 e. The molecule has 0 aliphatic carbocycles. The van der Waals surface area contributed by atoms with Crippen molar-refractivity contribution in [1.82, 2.24) is 20.2 Å². The lowest BCUT2D eigenvalue weighted by molar-refractivity contribution is 0.0958. The van der Waals surface area contributed by atoms with Crippen molar-refractivity contribution < 1.29 is 9.53 Å². The largest absolute Gasteiger partial charge is 0.457 e. The summed E-state index contributed by atoms with van der Waals surface area (Å²) in [5.41, 5.74) is 1.27. The second kappa shape index (κ2) is 8.53. The fourth-order valence-corrected chi connectivity index (χ4v) is 4.15. The van der Waals surface area contributed by atoms with E-state index in [1.165, 1.54) is 25.9 Å². The Balaban J connectivity index is 1.42. The fraction of sp³-hybridized carbons (Fsp3) is 0.350. The Hall–Kier alpha value is -2.71. The summed E-state index contributed by atoms with van der Waals surface area (Å²) in [5.74, 6) is 1.03. The lowest BCUT2D eigenvalue weighted by atomic mass is 10.3. The van der Waals surface area contributed by atoms with Crippen LogP contribution in [0.3, 0.4) is 0 Å². The second-order valence-corrected chi connectivity index (χ2v) is 7.71. The minimum Gasteiger partial charge on any atom is -0.457 e. The van der Waals surface area contributed by atoms with E-state index in [0.29, 0.717) is 17.2 Å². The molecule has 8 heteroatoms. The van der Waals surface area contributed by atoms with Crippen molar-refractivity contribution in [1.29, 1.82) is 0 Å². The third-order valence-corrected chi connectivity index (χ3v) is 5.67. The number of amides is 1. The molecule has 1 aromatic carbocycles. The molecule has 0 atom stereocenters. The number of anilines is 1. The molecule has 2 aromatic heterocycles. The van der Waals surface area contributed by atoms with E-state index in [9.17, 15) is 4.79 Å². The molecule has 0 saturated carbocycles. The topological polar surface area (TPSA) is 79.4 Å². The van der Waals surface area contributed by atoms with E-state index in [1.54, 1.807) is 36.7 Å². The number of carbonyl (C=O) groups excluding carboxylic acids is 1. The van der Waals surface area contributed by atoms with E-state index in [4.69, 9.17) is 4.74 Å². The van der Waals surface area contributed by atoms with Crippen LogP contribution >= 0.6 is 11.3 Å². The third kappa shape index (κ3) is 4.40. The van der Waals surface area contributed by atoms with Crippen LogP contribution in [0.1, 0.15) is 23.3 Å². The molecule has 28 heavy (non-hydrogen) atoms. The van der Waals surface area contributed by atoms with Crippen LogP contribution < -0.4 is 15.4 Å². The first-order valence-electron chi connectivity index (χ1n) is 9.44. The Labute approximate surface area is 167 Å². The number of benzene rings is 1. The van der Waals surface area contributed by atoms with Gasteiger partial charge in [0.15, 0.2) is 5.13 Å². The summed E-state index contributed by atoms with van der Waals surface area (Å²) in [4.78, 5) is 22.9. The number of fused-ring (bicyclic) bond motifs is 1. The number of likely N-dealkylation sites (tertiary alicyclic amines) is 1. The van der Waals surface area contributed by atoms with Crippen molar-refractivity contribution in [3.63, 3.8) is 0 Å². The van der Waals surface area contributed by atoms with Gasteiger partial charge in [-0.2, -0.15) is 0 Å². The fourth-order valence-electron chi connectivity index (χ4n) is 3.23. The van der Waals surface area contributed by atoms with E-state index in [-0.39, 0.29) is 5.91 Å². The lowest BCUT2D eigenvalue weighted by Crippen LogP contribution is -2.25. The highest BCUT2D eigenvalue weighted by Gasteiger charge is 2.12. The Morgan fingerprint density at radius 1 is 1.21 bits per heavy atom. The number of nitrogens with zero attached hydrogens (tertiary/aromatic N) is 3. The molecular weight excluding hydrogens is 374 g/mol. The SMILES string of the molecule is CNC(=O)c1cc(Oc2ccc3nc(NCCN4CCCC4)sc3c2)ccn1. The molecule has 1 saturated heterocycles. The summed E-state index contributed by atoms with van der Waals surface area (Å²) in [5, 5.41) is 6.92. The van der Waals surface area contributed by atoms with Gasteiger partial charge < -0.3 is 20.3 Å². The third-order valence-electron chi connectivity index (χ3n) is 4.69. The number of hydrogen-bond donors (Lipinski definition) is 2. The molecule has 1 aliphatic rings. The predicted octanol–water partition coefficient (Wildman–Crippen LogP) is 3.35. The molecule has 3 aromatic rings. The summed E-state index contributed by atoms with van der Waals surface area (Å²) in [6, 6.07) is 9.16. The van der Waals surface area contributed by atoms with Gasteiger partial charge in [-0.1, -0.05) is 11.3 Å². The van der Waals surface area contributed by atoms with Crippen LogP contribution in [0.25, 0.3) is 10.2 Å².